The lowest BCUT2D eigenvalue weighted by molar-refractivity contribution is 0.325. The molecule has 0 fully saturated rings. The van der Waals surface area contributed by atoms with Gasteiger partial charge in [-0.1, -0.05) is 56.1 Å². The third kappa shape index (κ3) is 6.52. The van der Waals surface area contributed by atoms with E-state index in [4.69, 9.17) is 0 Å². The van der Waals surface area contributed by atoms with Gasteiger partial charge in [-0.05, 0) is 25.0 Å². The zero-order valence-corrected chi connectivity index (χ0v) is 12.6. The Morgan fingerprint density at radius 1 is 1.29 bits per heavy atom. The van der Waals surface area contributed by atoms with E-state index in [1.165, 1.54) is 5.56 Å². The lowest BCUT2D eigenvalue weighted by Crippen LogP contribution is -2.30. The van der Waals surface area contributed by atoms with Gasteiger partial charge < -0.3 is 15.7 Å². The first kappa shape index (κ1) is 16.6. The van der Waals surface area contributed by atoms with Crippen molar-refractivity contribution in [1.29, 1.82) is 0 Å². The van der Waals surface area contributed by atoms with E-state index in [0.29, 0.717) is 12.4 Å². The van der Waals surface area contributed by atoms with E-state index in [0.717, 1.165) is 12.1 Å². The van der Waals surface area contributed by atoms with Crippen molar-refractivity contribution in [1.82, 2.24) is 10.6 Å². The normalized spacial score (nSPS) is 12.3. The van der Waals surface area contributed by atoms with Gasteiger partial charge in [0.25, 0.3) is 0 Å². The van der Waals surface area contributed by atoms with Gasteiger partial charge in [0.05, 0.1) is 11.6 Å². The third-order valence-electron chi connectivity index (χ3n) is 3.07. The van der Waals surface area contributed by atoms with Crippen molar-refractivity contribution >= 4 is 0 Å². The van der Waals surface area contributed by atoms with Crippen LogP contribution in [0.5, 0.6) is 0 Å². The molecule has 1 aromatic rings. The molecular weight excluding hydrogens is 260 g/mol. The quantitative estimate of drug-likeness (QED) is 0.479. The number of hydrogen-bond acceptors (Lipinski definition) is 3. The van der Waals surface area contributed by atoms with E-state index in [2.05, 4.69) is 30.4 Å². The number of allylic oxidation sites excluding steroid dienone is 3. The predicted octanol–water partition coefficient (Wildman–Crippen LogP) is 3.66. The summed E-state index contributed by atoms with van der Waals surface area (Å²) in [6.45, 7) is 13.7. The van der Waals surface area contributed by atoms with E-state index in [-0.39, 0.29) is 11.7 Å². The molecule has 0 amide bonds. The van der Waals surface area contributed by atoms with Crippen LogP contribution in [0.25, 0.3) is 0 Å². The fraction of sp³-hybridized carbons (Fsp3) is 0.222. The van der Waals surface area contributed by atoms with Crippen molar-refractivity contribution in [3.05, 3.63) is 85.1 Å². The molecule has 0 aromatic heterocycles. The Kier molecular flexibility index (Phi) is 6.88. The number of aliphatic hydroxyl groups is 1. The lowest BCUT2D eigenvalue weighted by Gasteiger charge is -2.19. The van der Waals surface area contributed by atoms with Gasteiger partial charge in [-0.3, -0.25) is 0 Å². The number of rotatable bonds is 9. The summed E-state index contributed by atoms with van der Waals surface area (Å²) in [5.41, 5.74) is 2.12. The lowest BCUT2D eigenvalue weighted by atomic mass is 9.98. The number of benzene rings is 1. The molecule has 1 aromatic carbocycles. The molecule has 0 saturated heterocycles. The van der Waals surface area contributed by atoms with E-state index < -0.39 is 0 Å². The largest absolute Gasteiger partial charge is 0.513 e. The molecule has 0 aliphatic rings. The summed E-state index contributed by atoms with van der Waals surface area (Å²) in [5, 5.41) is 16.0. The molecule has 3 nitrogen and oxygen atoms in total. The van der Waals surface area contributed by atoms with Gasteiger partial charge in [-0.2, -0.15) is 0 Å². The van der Waals surface area contributed by atoms with Crippen molar-refractivity contribution in [3.63, 3.8) is 0 Å². The van der Waals surface area contributed by atoms with Crippen LogP contribution in [0.4, 0.5) is 0 Å². The van der Waals surface area contributed by atoms with E-state index in [9.17, 15) is 5.11 Å². The zero-order valence-electron chi connectivity index (χ0n) is 12.6. The van der Waals surface area contributed by atoms with Crippen molar-refractivity contribution in [2.24, 2.45) is 5.92 Å². The second kappa shape index (κ2) is 8.69. The van der Waals surface area contributed by atoms with E-state index >= 15 is 0 Å². The molecule has 0 radical (unpaired) electrons. The Balaban J connectivity index is 2.52. The Bertz CT molecular complexity index is 517. The first-order valence-corrected chi connectivity index (χ1v) is 6.93. The van der Waals surface area contributed by atoms with Gasteiger partial charge in [-0.25, -0.2) is 0 Å². The smallest absolute Gasteiger partial charge is 0.0954 e. The minimum atomic E-state index is -0.0605. The molecule has 3 N–H and O–H groups in total. The maximum atomic E-state index is 9.74. The summed E-state index contributed by atoms with van der Waals surface area (Å²) in [4.78, 5) is 0. The number of nitrogens with one attached hydrogen (secondary N) is 2. The summed E-state index contributed by atoms with van der Waals surface area (Å²) in [6.07, 6.45) is 4.31. The van der Waals surface area contributed by atoms with Gasteiger partial charge in [0.2, 0.25) is 0 Å². The van der Waals surface area contributed by atoms with Crippen LogP contribution in [0.15, 0.2) is 79.5 Å². The van der Waals surface area contributed by atoms with Crippen LogP contribution in [-0.4, -0.2) is 11.7 Å². The highest BCUT2D eigenvalue weighted by Crippen LogP contribution is 2.13. The topological polar surface area (TPSA) is 44.3 Å². The molecule has 0 aliphatic heterocycles. The highest BCUT2D eigenvalue weighted by atomic mass is 16.3. The summed E-state index contributed by atoms with van der Waals surface area (Å²) in [7, 11) is 0. The van der Waals surface area contributed by atoms with E-state index in [1.54, 1.807) is 6.08 Å². The van der Waals surface area contributed by atoms with Gasteiger partial charge in [0.15, 0.2) is 0 Å². The third-order valence-corrected chi connectivity index (χ3v) is 3.07. The molecular formula is C18H24N2O. The van der Waals surface area contributed by atoms with Crippen molar-refractivity contribution in [2.45, 2.75) is 13.3 Å². The molecule has 3 heteroatoms. The minimum Gasteiger partial charge on any atom is -0.513 e. The average molecular weight is 284 g/mol. The molecule has 1 rings (SSSR count). The summed E-state index contributed by atoms with van der Waals surface area (Å²) in [5.74, 6) is 0.803. The molecule has 0 aliphatic carbocycles. The summed E-state index contributed by atoms with van der Waals surface area (Å²) >= 11 is 0. The zero-order chi connectivity index (χ0) is 15.7. The number of hydrogen-bond donors (Lipinski definition) is 3. The van der Waals surface area contributed by atoms with Crippen LogP contribution >= 0.6 is 0 Å². The predicted molar refractivity (Wildman–Crippen MR) is 89.6 cm³/mol. The van der Waals surface area contributed by atoms with Crippen LogP contribution in [0, 0.1) is 5.92 Å². The molecule has 21 heavy (non-hydrogen) atoms. The van der Waals surface area contributed by atoms with Gasteiger partial charge in [0, 0.05) is 18.2 Å². The Hall–Kier alpha value is -2.42. The molecule has 1 unspecified atom stereocenters. The summed E-state index contributed by atoms with van der Waals surface area (Å²) < 4.78 is 0. The van der Waals surface area contributed by atoms with Crippen molar-refractivity contribution in [3.8, 4) is 0 Å². The SMILES string of the molecule is C=C/C=C(\C)NC(=C)NCC(Cc1ccccc1)C(=C)O. The van der Waals surface area contributed by atoms with Crippen molar-refractivity contribution in [2.75, 3.05) is 6.54 Å². The number of aliphatic hydroxyl groups excluding tert-OH is 1. The molecule has 0 saturated carbocycles. The van der Waals surface area contributed by atoms with Crippen LogP contribution in [0.3, 0.4) is 0 Å². The van der Waals surface area contributed by atoms with Gasteiger partial charge in [0.1, 0.15) is 0 Å². The van der Waals surface area contributed by atoms with Crippen LogP contribution < -0.4 is 10.6 Å². The second-order valence-electron chi connectivity index (χ2n) is 4.95. The van der Waals surface area contributed by atoms with Crippen LogP contribution in [0.1, 0.15) is 12.5 Å². The Labute approximate surface area is 127 Å². The minimum absolute atomic E-state index is 0.0605. The first-order valence-electron chi connectivity index (χ1n) is 6.93. The monoisotopic (exact) mass is 284 g/mol. The fourth-order valence-electron chi connectivity index (χ4n) is 1.95. The van der Waals surface area contributed by atoms with Crippen LogP contribution in [-0.2, 0) is 6.42 Å². The standard InChI is InChI=1S/C18H24N2O/c1-5-9-14(2)20-16(4)19-13-18(15(3)21)12-17-10-7-6-8-11-17/h5-11,18-21H,1,3-4,12-13H2,2H3/b14-9+. The van der Waals surface area contributed by atoms with Crippen LogP contribution in [0.2, 0.25) is 0 Å². The molecule has 0 spiro atoms. The highest BCUT2D eigenvalue weighted by Gasteiger charge is 2.13. The van der Waals surface area contributed by atoms with E-state index in [1.807, 2.05) is 43.3 Å². The second-order valence-corrected chi connectivity index (χ2v) is 4.95. The maximum Gasteiger partial charge on any atom is 0.0954 e. The molecule has 112 valence electrons. The summed E-state index contributed by atoms with van der Waals surface area (Å²) in [6, 6.07) is 10.0. The van der Waals surface area contributed by atoms with Gasteiger partial charge >= 0.3 is 0 Å². The highest BCUT2D eigenvalue weighted by molar-refractivity contribution is 5.17. The van der Waals surface area contributed by atoms with Gasteiger partial charge in [-0.15, -0.1) is 0 Å². The molecule has 0 bridgehead atoms. The molecule has 0 heterocycles. The average Bonchev–Trinajstić information content (AvgIpc) is 2.44. The Morgan fingerprint density at radius 2 is 1.95 bits per heavy atom. The first-order chi connectivity index (χ1) is 10.0. The maximum absolute atomic E-state index is 9.74. The Morgan fingerprint density at radius 3 is 2.52 bits per heavy atom. The van der Waals surface area contributed by atoms with Crippen molar-refractivity contribution < 1.29 is 5.11 Å². The molecule has 1 atom stereocenters. The fourth-order valence-corrected chi connectivity index (χ4v) is 1.95.